The molecule has 0 radical (unpaired) electrons. The van der Waals surface area contributed by atoms with Crippen molar-refractivity contribution in [3.05, 3.63) is 47.2 Å². The molecule has 2 aromatic rings. The summed E-state index contributed by atoms with van der Waals surface area (Å²) in [5.74, 6) is -0.265. The molecule has 1 aromatic heterocycles. The lowest BCUT2D eigenvalue weighted by molar-refractivity contribution is -0.158. The third kappa shape index (κ3) is 2.34. The van der Waals surface area contributed by atoms with Crippen molar-refractivity contribution in [1.82, 2.24) is 9.88 Å². The number of methoxy groups -OCH3 is 1. The molecule has 136 valence electrons. The van der Waals surface area contributed by atoms with Crippen LogP contribution in [0.5, 0.6) is 0 Å². The smallest absolute Gasteiger partial charge is 0.314 e. The first-order chi connectivity index (χ1) is 12.5. The Balaban J connectivity index is 1.96. The number of H-pyrrole nitrogens is 1. The molecule has 4 rings (SSSR count). The number of allylic oxidation sites excluding steroid dienone is 1. The molecular weight excluding hydrogens is 328 g/mol. The number of carbonyl (C=O) groups is 2. The number of nitrogens with one attached hydrogen (secondary N) is 1. The Morgan fingerprint density at radius 1 is 1.38 bits per heavy atom. The third-order valence-electron chi connectivity index (χ3n) is 6.06. The number of nitrogens with zero attached hydrogens (tertiary/aromatic N) is 1. The first-order valence-electron chi connectivity index (χ1n) is 9.05. The normalized spacial score (nSPS) is 27.9. The summed E-state index contributed by atoms with van der Waals surface area (Å²) in [6, 6.07) is 7.92. The van der Waals surface area contributed by atoms with E-state index in [-0.39, 0.29) is 17.7 Å². The molecule has 2 unspecified atom stereocenters. The van der Waals surface area contributed by atoms with Crippen molar-refractivity contribution in [1.29, 1.82) is 0 Å². The number of carbonyl (C=O) groups excluding carboxylic acids is 2. The van der Waals surface area contributed by atoms with Crippen LogP contribution in [0.4, 0.5) is 0 Å². The molecule has 5 nitrogen and oxygen atoms in total. The Hall–Kier alpha value is -2.40. The van der Waals surface area contributed by atoms with E-state index in [1.165, 1.54) is 7.11 Å². The highest BCUT2D eigenvalue weighted by Crippen LogP contribution is 2.48. The number of ether oxygens (including phenoxy) is 1. The van der Waals surface area contributed by atoms with E-state index in [1.54, 1.807) is 0 Å². The lowest BCUT2D eigenvalue weighted by atomic mass is 9.65. The topological polar surface area (TPSA) is 62.4 Å². The molecule has 1 fully saturated rings. The van der Waals surface area contributed by atoms with Gasteiger partial charge in [-0.2, -0.15) is 0 Å². The molecule has 0 bridgehead atoms. The van der Waals surface area contributed by atoms with Gasteiger partial charge in [0.15, 0.2) is 5.78 Å². The van der Waals surface area contributed by atoms with Crippen LogP contribution in [0.3, 0.4) is 0 Å². The zero-order valence-electron chi connectivity index (χ0n) is 15.5. The van der Waals surface area contributed by atoms with E-state index in [1.807, 2.05) is 38.2 Å². The standard InChI is InChI=1S/C21H24N2O3/c1-4-13-11-23(2)12-21(20(25)26-3)10-15-14-7-5-6-8-17(14)22-19(15)18(24)9-16(13)21/h4-8,16,22H,9-12H2,1-3H3. The van der Waals surface area contributed by atoms with Gasteiger partial charge < -0.3 is 14.6 Å². The fourth-order valence-electron chi connectivity index (χ4n) is 4.93. The van der Waals surface area contributed by atoms with Crippen molar-refractivity contribution in [2.24, 2.45) is 11.3 Å². The largest absolute Gasteiger partial charge is 0.469 e. The summed E-state index contributed by atoms with van der Waals surface area (Å²) in [4.78, 5) is 31.6. The van der Waals surface area contributed by atoms with Gasteiger partial charge in [-0.3, -0.25) is 9.59 Å². The Labute approximate surface area is 153 Å². The second-order valence-electron chi connectivity index (χ2n) is 7.56. The summed E-state index contributed by atoms with van der Waals surface area (Å²) in [6.45, 7) is 3.36. The van der Waals surface area contributed by atoms with E-state index in [0.717, 1.165) is 28.6 Å². The summed E-state index contributed by atoms with van der Waals surface area (Å²) < 4.78 is 5.27. The summed E-state index contributed by atoms with van der Waals surface area (Å²) in [7, 11) is 3.47. The number of benzene rings is 1. The first-order valence-corrected chi connectivity index (χ1v) is 9.05. The monoisotopic (exact) mass is 352 g/mol. The van der Waals surface area contributed by atoms with E-state index in [4.69, 9.17) is 4.74 Å². The Morgan fingerprint density at radius 2 is 2.15 bits per heavy atom. The van der Waals surface area contributed by atoms with Crippen LogP contribution in [0, 0.1) is 11.3 Å². The van der Waals surface area contributed by atoms with Crippen LogP contribution < -0.4 is 0 Å². The number of fused-ring (bicyclic) bond motifs is 4. The molecule has 1 saturated heterocycles. The molecule has 1 aliphatic carbocycles. The van der Waals surface area contributed by atoms with Crippen LogP contribution in [0.2, 0.25) is 0 Å². The van der Waals surface area contributed by atoms with E-state index >= 15 is 0 Å². The highest BCUT2D eigenvalue weighted by molar-refractivity contribution is 6.04. The Kier molecular flexibility index (Phi) is 3.99. The zero-order chi connectivity index (χ0) is 18.5. The number of hydrogen-bond donors (Lipinski definition) is 1. The molecular formula is C21H24N2O3. The second-order valence-corrected chi connectivity index (χ2v) is 7.56. The van der Waals surface area contributed by atoms with Crippen LogP contribution in [0.1, 0.15) is 29.4 Å². The van der Waals surface area contributed by atoms with E-state index in [9.17, 15) is 9.59 Å². The van der Waals surface area contributed by atoms with Gasteiger partial charge in [-0.25, -0.2) is 0 Å². The fraction of sp³-hybridized carbons (Fsp3) is 0.429. The Morgan fingerprint density at radius 3 is 2.88 bits per heavy atom. The van der Waals surface area contributed by atoms with Crippen LogP contribution in [0.25, 0.3) is 10.9 Å². The van der Waals surface area contributed by atoms with Crippen LogP contribution in [-0.4, -0.2) is 48.9 Å². The summed E-state index contributed by atoms with van der Waals surface area (Å²) in [5.41, 5.74) is 2.95. The van der Waals surface area contributed by atoms with Gasteiger partial charge >= 0.3 is 5.97 Å². The van der Waals surface area contributed by atoms with Crippen LogP contribution in [0.15, 0.2) is 35.9 Å². The molecule has 26 heavy (non-hydrogen) atoms. The number of likely N-dealkylation sites (tertiary alicyclic amines) is 1. The summed E-state index contributed by atoms with van der Waals surface area (Å²) in [5, 5.41) is 1.02. The lowest BCUT2D eigenvalue weighted by Gasteiger charge is -2.46. The van der Waals surface area contributed by atoms with E-state index in [0.29, 0.717) is 25.1 Å². The van der Waals surface area contributed by atoms with Gasteiger partial charge in [0.05, 0.1) is 18.2 Å². The minimum atomic E-state index is -0.741. The summed E-state index contributed by atoms with van der Waals surface area (Å²) in [6.07, 6.45) is 2.91. The predicted octanol–water partition coefficient (Wildman–Crippen LogP) is 2.96. The average Bonchev–Trinajstić information content (AvgIpc) is 2.95. The summed E-state index contributed by atoms with van der Waals surface area (Å²) >= 11 is 0. The van der Waals surface area contributed by atoms with Crippen molar-refractivity contribution in [3.63, 3.8) is 0 Å². The lowest BCUT2D eigenvalue weighted by Crippen LogP contribution is -2.54. The van der Waals surface area contributed by atoms with Crippen molar-refractivity contribution in [2.75, 3.05) is 27.2 Å². The van der Waals surface area contributed by atoms with Gasteiger partial charge in [0.1, 0.15) is 0 Å². The van der Waals surface area contributed by atoms with Crippen LogP contribution >= 0.6 is 0 Å². The number of aromatic nitrogens is 1. The molecule has 0 spiro atoms. The number of rotatable bonds is 1. The molecule has 2 atom stereocenters. The maximum absolute atomic E-state index is 13.1. The second kappa shape index (κ2) is 6.09. The molecule has 1 aromatic carbocycles. The van der Waals surface area contributed by atoms with Gasteiger partial charge in [-0.15, -0.1) is 0 Å². The number of hydrogen-bond acceptors (Lipinski definition) is 4. The Bertz CT molecular complexity index is 926. The van der Waals surface area contributed by atoms with E-state index in [2.05, 4.69) is 16.0 Å². The minimum absolute atomic E-state index is 0.0795. The van der Waals surface area contributed by atoms with Gasteiger partial charge in [0.25, 0.3) is 0 Å². The molecule has 0 amide bonds. The SMILES string of the molecule is CC=C1CN(C)CC2(C(=O)OC)Cc3c([nH]c4ccccc34)C(=O)CC12. The van der Waals surface area contributed by atoms with Crippen molar-refractivity contribution < 1.29 is 14.3 Å². The number of para-hydroxylation sites is 1. The van der Waals surface area contributed by atoms with Crippen molar-refractivity contribution in [2.45, 2.75) is 19.8 Å². The van der Waals surface area contributed by atoms with Crippen molar-refractivity contribution in [3.8, 4) is 0 Å². The van der Waals surface area contributed by atoms with E-state index < -0.39 is 5.41 Å². The number of esters is 1. The van der Waals surface area contributed by atoms with Crippen molar-refractivity contribution >= 4 is 22.7 Å². The highest BCUT2D eigenvalue weighted by atomic mass is 16.5. The van der Waals surface area contributed by atoms with Gasteiger partial charge in [-0.1, -0.05) is 29.8 Å². The molecule has 0 saturated carbocycles. The molecule has 1 aliphatic heterocycles. The molecule has 5 heteroatoms. The quantitative estimate of drug-likeness (QED) is 0.633. The van der Waals surface area contributed by atoms with Crippen LogP contribution in [-0.2, 0) is 16.0 Å². The number of ketones is 1. The average molecular weight is 352 g/mol. The maximum atomic E-state index is 13.1. The molecule has 2 aliphatic rings. The number of piperidine rings is 1. The number of Topliss-reactive ketones (excluding diaryl/α,β-unsaturated/α-hetero) is 1. The first kappa shape index (κ1) is 17.0. The maximum Gasteiger partial charge on any atom is 0.314 e. The third-order valence-corrected chi connectivity index (χ3v) is 6.06. The molecule has 1 N–H and O–H groups in total. The fourth-order valence-corrected chi connectivity index (χ4v) is 4.93. The van der Waals surface area contributed by atoms with Gasteiger partial charge in [0.2, 0.25) is 0 Å². The predicted molar refractivity (Wildman–Crippen MR) is 100 cm³/mol. The number of likely N-dealkylation sites (N-methyl/N-ethyl adjacent to an activating group) is 1. The molecule has 2 heterocycles. The van der Waals surface area contributed by atoms with Gasteiger partial charge in [0, 0.05) is 36.3 Å². The van der Waals surface area contributed by atoms with Gasteiger partial charge in [-0.05, 0) is 32.0 Å². The minimum Gasteiger partial charge on any atom is -0.469 e. The zero-order valence-corrected chi connectivity index (χ0v) is 15.5. The number of aromatic amines is 1. The highest BCUT2D eigenvalue weighted by Gasteiger charge is 2.54.